The van der Waals surface area contributed by atoms with Gasteiger partial charge in [-0.2, -0.15) is 5.26 Å². The maximum absolute atomic E-state index is 13.4. The van der Waals surface area contributed by atoms with E-state index >= 15 is 0 Å². The van der Waals surface area contributed by atoms with Crippen LogP contribution in [-0.2, 0) is 0 Å². The van der Waals surface area contributed by atoms with Gasteiger partial charge in [0, 0.05) is 19.7 Å². The quantitative estimate of drug-likeness (QED) is 0.810. The van der Waals surface area contributed by atoms with Crippen LogP contribution in [-0.4, -0.2) is 24.4 Å². The minimum absolute atomic E-state index is 0.171. The lowest BCUT2D eigenvalue weighted by Crippen LogP contribution is -2.28. The Morgan fingerprint density at radius 2 is 2.06 bits per heavy atom. The molecular formula is C12H12F2N2O. The topological polar surface area (TPSA) is 44.1 Å². The van der Waals surface area contributed by atoms with Gasteiger partial charge >= 0.3 is 0 Å². The second-order valence-electron chi connectivity index (χ2n) is 3.72. The van der Waals surface area contributed by atoms with Crippen LogP contribution in [0.15, 0.2) is 12.1 Å². The third kappa shape index (κ3) is 3.00. The van der Waals surface area contributed by atoms with Crippen LogP contribution in [0.2, 0.25) is 0 Å². The van der Waals surface area contributed by atoms with Crippen LogP contribution in [0, 0.1) is 29.9 Å². The molecule has 3 nitrogen and oxygen atoms in total. The molecule has 5 heteroatoms. The van der Waals surface area contributed by atoms with Gasteiger partial charge in [0.2, 0.25) is 0 Å². The zero-order chi connectivity index (χ0) is 13.0. The van der Waals surface area contributed by atoms with E-state index in [1.807, 2.05) is 6.07 Å². The fraction of sp³-hybridized carbons (Fsp3) is 0.333. The molecule has 17 heavy (non-hydrogen) atoms. The minimum atomic E-state index is -0.887. The average Bonchev–Trinajstić information content (AvgIpc) is 2.29. The van der Waals surface area contributed by atoms with E-state index < -0.39 is 17.5 Å². The van der Waals surface area contributed by atoms with Crippen LogP contribution in [0.4, 0.5) is 8.78 Å². The van der Waals surface area contributed by atoms with Crippen molar-refractivity contribution in [3.8, 4) is 6.07 Å². The van der Waals surface area contributed by atoms with Crippen molar-refractivity contribution in [1.82, 2.24) is 4.90 Å². The molecule has 0 fully saturated rings. The predicted octanol–water partition coefficient (Wildman–Crippen LogP) is 2.26. The number of nitrogens with zero attached hydrogens (tertiary/aromatic N) is 2. The summed E-state index contributed by atoms with van der Waals surface area (Å²) in [6.07, 6.45) is 0.171. The van der Waals surface area contributed by atoms with Gasteiger partial charge in [0.25, 0.3) is 5.91 Å². The molecule has 0 saturated heterocycles. The molecule has 90 valence electrons. The second-order valence-corrected chi connectivity index (χ2v) is 3.72. The highest BCUT2D eigenvalue weighted by molar-refractivity contribution is 5.94. The Bertz CT molecular complexity index is 480. The molecule has 1 rings (SSSR count). The van der Waals surface area contributed by atoms with Crippen molar-refractivity contribution in [2.75, 3.05) is 13.6 Å². The van der Waals surface area contributed by atoms with Crippen molar-refractivity contribution in [3.63, 3.8) is 0 Å². The summed E-state index contributed by atoms with van der Waals surface area (Å²) in [5.41, 5.74) is 0.0350. The number of hydrogen-bond donors (Lipinski definition) is 0. The van der Waals surface area contributed by atoms with E-state index in [-0.39, 0.29) is 24.1 Å². The summed E-state index contributed by atoms with van der Waals surface area (Å²) in [5.74, 6) is -2.12. The number of hydrogen-bond acceptors (Lipinski definition) is 2. The Morgan fingerprint density at radius 1 is 1.41 bits per heavy atom. The maximum atomic E-state index is 13.4. The number of benzene rings is 1. The first-order valence-corrected chi connectivity index (χ1v) is 5.05. The smallest absolute Gasteiger partial charge is 0.256 e. The lowest BCUT2D eigenvalue weighted by atomic mass is 10.1. The monoisotopic (exact) mass is 238 g/mol. The summed E-state index contributed by atoms with van der Waals surface area (Å²) < 4.78 is 26.4. The molecule has 0 bridgehead atoms. The molecular weight excluding hydrogens is 226 g/mol. The highest BCUT2D eigenvalue weighted by atomic mass is 19.1. The van der Waals surface area contributed by atoms with Crippen LogP contribution in [0.3, 0.4) is 0 Å². The third-order valence-electron chi connectivity index (χ3n) is 2.38. The van der Waals surface area contributed by atoms with Crippen LogP contribution in [0.5, 0.6) is 0 Å². The van der Waals surface area contributed by atoms with E-state index in [4.69, 9.17) is 5.26 Å². The first-order chi connectivity index (χ1) is 7.97. The predicted molar refractivity (Wildman–Crippen MR) is 58.3 cm³/mol. The molecule has 0 radical (unpaired) electrons. The van der Waals surface area contributed by atoms with Crippen LogP contribution in [0.25, 0.3) is 0 Å². The maximum Gasteiger partial charge on any atom is 0.256 e. The number of halogens is 2. The van der Waals surface area contributed by atoms with Gasteiger partial charge in [0.1, 0.15) is 11.6 Å². The molecule has 0 heterocycles. The van der Waals surface area contributed by atoms with E-state index in [0.29, 0.717) is 6.07 Å². The third-order valence-corrected chi connectivity index (χ3v) is 2.38. The molecule has 0 N–H and O–H groups in total. The van der Waals surface area contributed by atoms with Crippen LogP contribution < -0.4 is 0 Å². The van der Waals surface area contributed by atoms with E-state index in [2.05, 4.69) is 0 Å². The Labute approximate surface area is 98.3 Å². The van der Waals surface area contributed by atoms with Crippen molar-refractivity contribution in [2.45, 2.75) is 13.3 Å². The van der Waals surface area contributed by atoms with Gasteiger partial charge in [-0.05, 0) is 18.6 Å². The summed E-state index contributed by atoms with van der Waals surface area (Å²) in [5, 5.41) is 8.39. The van der Waals surface area contributed by atoms with Gasteiger partial charge in [-0.25, -0.2) is 8.78 Å². The summed E-state index contributed by atoms with van der Waals surface area (Å²) >= 11 is 0. The van der Waals surface area contributed by atoms with Crippen molar-refractivity contribution < 1.29 is 13.6 Å². The number of nitriles is 1. The fourth-order valence-electron chi connectivity index (χ4n) is 1.35. The molecule has 1 amide bonds. The Hall–Kier alpha value is -1.96. The molecule has 0 unspecified atom stereocenters. The van der Waals surface area contributed by atoms with Crippen molar-refractivity contribution >= 4 is 5.91 Å². The van der Waals surface area contributed by atoms with Gasteiger partial charge < -0.3 is 4.90 Å². The van der Waals surface area contributed by atoms with Crippen molar-refractivity contribution in [1.29, 1.82) is 5.26 Å². The highest BCUT2D eigenvalue weighted by Crippen LogP contribution is 2.15. The molecule has 0 atom stereocenters. The molecule has 0 aromatic heterocycles. The normalized spacial score (nSPS) is 9.82. The number of aryl methyl sites for hydroxylation is 1. The molecule has 1 aromatic rings. The lowest BCUT2D eigenvalue weighted by Gasteiger charge is -2.16. The van der Waals surface area contributed by atoms with E-state index in [1.54, 1.807) is 0 Å². The molecule has 0 aliphatic heterocycles. The number of carbonyl (C=O) groups excluding carboxylic acids is 1. The Kier molecular flexibility index (Phi) is 4.16. The number of rotatable bonds is 3. The average molecular weight is 238 g/mol. The van der Waals surface area contributed by atoms with Crippen molar-refractivity contribution in [2.24, 2.45) is 0 Å². The summed E-state index contributed by atoms with van der Waals surface area (Å²) in [6.45, 7) is 1.67. The zero-order valence-electron chi connectivity index (χ0n) is 9.63. The first kappa shape index (κ1) is 13.1. The standard InChI is InChI=1S/C12H12F2N2O/c1-8-6-9(11(14)7-10(8)13)12(17)16(2)5-3-4-15/h6-7H,3,5H2,1-2H3. The molecule has 1 aromatic carbocycles. The van der Waals surface area contributed by atoms with E-state index in [1.165, 1.54) is 24.9 Å². The van der Waals surface area contributed by atoms with Gasteiger partial charge in [-0.1, -0.05) is 0 Å². The van der Waals surface area contributed by atoms with E-state index in [0.717, 1.165) is 0 Å². The van der Waals surface area contributed by atoms with Gasteiger partial charge in [-0.15, -0.1) is 0 Å². The molecule has 0 aliphatic rings. The molecule has 0 spiro atoms. The van der Waals surface area contributed by atoms with Gasteiger partial charge in [0.15, 0.2) is 0 Å². The summed E-state index contributed by atoms with van der Waals surface area (Å²) in [6, 6.07) is 3.76. The minimum Gasteiger partial charge on any atom is -0.341 e. The molecule has 0 aliphatic carbocycles. The Morgan fingerprint density at radius 3 is 2.65 bits per heavy atom. The largest absolute Gasteiger partial charge is 0.341 e. The number of carbonyl (C=O) groups is 1. The SMILES string of the molecule is Cc1cc(C(=O)N(C)CCC#N)c(F)cc1F. The summed E-state index contributed by atoms with van der Waals surface area (Å²) in [4.78, 5) is 13.0. The van der Waals surface area contributed by atoms with E-state index in [9.17, 15) is 13.6 Å². The van der Waals surface area contributed by atoms with Gasteiger partial charge in [-0.3, -0.25) is 4.79 Å². The van der Waals surface area contributed by atoms with Gasteiger partial charge in [0.05, 0.1) is 18.1 Å². The fourth-order valence-corrected chi connectivity index (χ4v) is 1.35. The lowest BCUT2D eigenvalue weighted by molar-refractivity contribution is 0.0793. The first-order valence-electron chi connectivity index (χ1n) is 5.05. The zero-order valence-corrected chi connectivity index (χ0v) is 9.63. The number of amides is 1. The van der Waals surface area contributed by atoms with Crippen LogP contribution >= 0.6 is 0 Å². The van der Waals surface area contributed by atoms with Crippen molar-refractivity contribution in [3.05, 3.63) is 34.9 Å². The second kappa shape index (κ2) is 5.39. The highest BCUT2D eigenvalue weighted by Gasteiger charge is 2.17. The molecule has 0 saturated carbocycles. The summed E-state index contributed by atoms with van der Waals surface area (Å²) in [7, 11) is 1.47. The van der Waals surface area contributed by atoms with Crippen LogP contribution in [0.1, 0.15) is 22.3 Å². The Balaban J connectivity index is 2.97.